The smallest absolute Gasteiger partial charge is 0.258 e. The van der Waals surface area contributed by atoms with Crippen molar-refractivity contribution in [2.45, 2.75) is 24.8 Å². The summed E-state index contributed by atoms with van der Waals surface area (Å²) < 4.78 is 33.6. The lowest BCUT2D eigenvalue weighted by atomic mass is 10.1. The van der Waals surface area contributed by atoms with Crippen LogP contribution in [0.25, 0.3) is 0 Å². The van der Waals surface area contributed by atoms with Crippen LogP contribution in [-0.4, -0.2) is 44.7 Å². The van der Waals surface area contributed by atoms with E-state index in [1.807, 2.05) is 13.0 Å². The van der Waals surface area contributed by atoms with Gasteiger partial charge in [-0.25, -0.2) is 8.42 Å². The molecule has 8 nitrogen and oxygen atoms in total. The minimum Gasteiger partial charge on any atom is -0.497 e. The standard InChI is InChI=1S/C32H30ClN3O5S/c1-22-7-15-28(16-8-22)42(39,40)35(20-25-5-3-4-6-29(25)33)21-31(37)34-26-12-9-23-17-18-36(30(23)19-26)32(38)24-10-13-27(41-2)14-11-24/h3-16,19H,17-18,20-21H2,1-2H3,(H,34,37). The number of amides is 2. The number of fused-ring (bicyclic) bond motifs is 1. The summed E-state index contributed by atoms with van der Waals surface area (Å²) in [6.45, 7) is 1.86. The molecule has 0 radical (unpaired) electrons. The van der Waals surface area contributed by atoms with Crippen LogP contribution in [0.1, 0.15) is 27.0 Å². The van der Waals surface area contributed by atoms with Crippen molar-refractivity contribution in [2.75, 3.05) is 30.4 Å². The van der Waals surface area contributed by atoms with Gasteiger partial charge in [0.1, 0.15) is 5.75 Å². The Bertz CT molecular complexity index is 1720. The van der Waals surface area contributed by atoms with E-state index in [2.05, 4.69) is 5.32 Å². The van der Waals surface area contributed by atoms with Crippen LogP contribution in [0.15, 0.2) is 95.9 Å². The van der Waals surface area contributed by atoms with Crippen LogP contribution in [0, 0.1) is 6.92 Å². The molecule has 4 aromatic rings. The highest BCUT2D eigenvalue weighted by molar-refractivity contribution is 7.89. The Morgan fingerprint density at radius 1 is 0.976 bits per heavy atom. The average molecular weight is 604 g/mol. The van der Waals surface area contributed by atoms with Gasteiger partial charge in [0.2, 0.25) is 15.9 Å². The molecule has 0 aliphatic carbocycles. The van der Waals surface area contributed by atoms with Crippen LogP contribution in [0.2, 0.25) is 5.02 Å². The fourth-order valence-electron chi connectivity index (χ4n) is 4.82. The third-order valence-electron chi connectivity index (χ3n) is 7.13. The van der Waals surface area contributed by atoms with Crippen molar-refractivity contribution in [3.05, 3.63) is 118 Å². The van der Waals surface area contributed by atoms with E-state index in [1.165, 1.54) is 12.1 Å². The number of anilines is 2. The molecule has 0 aromatic heterocycles. The number of nitrogens with zero attached hydrogens (tertiary/aromatic N) is 2. The van der Waals surface area contributed by atoms with Crippen molar-refractivity contribution in [3.63, 3.8) is 0 Å². The average Bonchev–Trinajstić information content (AvgIpc) is 3.41. The number of carbonyl (C=O) groups is 2. The molecule has 2 amide bonds. The number of ether oxygens (including phenoxy) is 1. The predicted octanol–water partition coefficient (Wildman–Crippen LogP) is 5.69. The first-order valence-corrected chi connectivity index (χ1v) is 15.2. The molecule has 0 fully saturated rings. The second-order valence-corrected chi connectivity index (χ2v) is 12.3. The maximum Gasteiger partial charge on any atom is 0.258 e. The maximum atomic E-state index is 13.6. The fraction of sp³-hybridized carbons (Fsp3) is 0.188. The molecule has 0 unspecified atom stereocenters. The van der Waals surface area contributed by atoms with E-state index in [0.29, 0.717) is 46.2 Å². The summed E-state index contributed by atoms with van der Waals surface area (Å²) in [7, 11) is -2.47. The van der Waals surface area contributed by atoms with Gasteiger partial charge in [-0.1, -0.05) is 53.6 Å². The van der Waals surface area contributed by atoms with E-state index in [4.69, 9.17) is 16.3 Å². The molecule has 1 aliphatic heterocycles. The predicted molar refractivity (Wildman–Crippen MR) is 164 cm³/mol. The zero-order chi connectivity index (χ0) is 29.9. The molecule has 1 N–H and O–H groups in total. The van der Waals surface area contributed by atoms with Gasteiger partial charge in [0.05, 0.1) is 18.6 Å². The molecule has 10 heteroatoms. The molecule has 216 valence electrons. The van der Waals surface area contributed by atoms with E-state index < -0.39 is 22.5 Å². The number of aryl methyl sites for hydroxylation is 1. The van der Waals surface area contributed by atoms with Crippen molar-refractivity contribution < 1.29 is 22.7 Å². The molecule has 1 heterocycles. The molecule has 0 bridgehead atoms. The number of sulfonamides is 1. The van der Waals surface area contributed by atoms with Gasteiger partial charge >= 0.3 is 0 Å². The monoisotopic (exact) mass is 603 g/mol. The van der Waals surface area contributed by atoms with Crippen molar-refractivity contribution in [1.82, 2.24) is 4.31 Å². The van der Waals surface area contributed by atoms with Crippen LogP contribution in [0.5, 0.6) is 5.75 Å². The zero-order valence-electron chi connectivity index (χ0n) is 23.2. The van der Waals surface area contributed by atoms with Gasteiger partial charge in [-0.05, 0) is 79.1 Å². The summed E-state index contributed by atoms with van der Waals surface area (Å²) in [6, 6.07) is 25.7. The number of hydrogen-bond donors (Lipinski definition) is 1. The Hall–Kier alpha value is -4.18. The van der Waals surface area contributed by atoms with Gasteiger partial charge in [0, 0.05) is 35.1 Å². The lowest BCUT2D eigenvalue weighted by Gasteiger charge is -2.23. The number of rotatable bonds is 9. The highest BCUT2D eigenvalue weighted by Gasteiger charge is 2.29. The second kappa shape index (κ2) is 12.4. The number of hydrogen-bond acceptors (Lipinski definition) is 5. The number of nitrogens with one attached hydrogen (secondary N) is 1. The first-order chi connectivity index (χ1) is 20.2. The summed E-state index contributed by atoms with van der Waals surface area (Å²) in [5.74, 6) is -0.0231. The van der Waals surface area contributed by atoms with Crippen molar-refractivity contribution in [2.24, 2.45) is 0 Å². The van der Waals surface area contributed by atoms with Crippen LogP contribution in [0.3, 0.4) is 0 Å². The lowest BCUT2D eigenvalue weighted by molar-refractivity contribution is -0.116. The molecule has 5 rings (SSSR count). The number of benzene rings is 4. The second-order valence-electron chi connectivity index (χ2n) is 10.0. The molecule has 0 saturated heterocycles. The Kier molecular flexibility index (Phi) is 8.63. The molecule has 0 spiro atoms. The third kappa shape index (κ3) is 6.33. The zero-order valence-corrected chi connectivity index (χ0v) is 24.8. The molecule has 1 aliphatic rings. The van der Waals surface area contributed by atoms with Crippen LogP contribution in [-0.2, 0) is 27.8 Å². The Morgan fingerprint density at radius 2 is 1.69 bits per heavy atom. The Morgan fingerprint density at radius 3 is 2.38 bits per heavy atom. The molecular formula is C32H30ClN3O5S. The highest BCUT2D eigenvalue weighted by Crippen LogP contribution is 2.32. The minimum absolute atomic E-state index is 0.0816. The topological polar surface area (TPSA) is 96.0 Å². The fourth-order valence-corrected chi connectivity index (χ4v) is 6.39. The maximum absolute atomic E-state index is 13.6. The summed E-state index contributed by atoms with van der Waals surface area (Å²) in [6.07, 6.45) is 0.686. The quantitative estimate of drug-likeness (QED) is 0.265. The summed E-state index contributed by atoms with van der Waals surface area (Å²) >= 11 is 6.34. The SMILES string of the molecule is COc1ccc(C(=O)N2CCc3ccc(NC(=O)CN(Cc4ccccc4Cl)S(=O)(=O)c4ccc(C)cc4)cc32)cc1. The molecule has 0 saturated carbocycles. The number of methoxy groups -OCH3 is 1. The number of carbonyl (C=O) groups excluding carboxylic acids is 2. The van der Waals surface area contributed by atoms with Gasteiger partial charge in [0.25, 0.3) is 5.91 Å². The van der Waals surface area contributed by atoms with Gasteiger partial charge in [0.15, 0.2) is 0 Å². The van der Waals surface area contributed by atoms with Gasteiger partial charge in [-0.3, -0.25) is 9.59 Å². The van der Waals surface area contributed by atoms with Crippen molar-refractivity contribution >= 4 is 44.8 Å². The van der Waals surface area contributed by atoms with Gasteiger partial charge < -0.3 is 15.0 Å². The first-order valence-electron chi connectivity index (χ1n) is 13.3. The van der Waals surface area contributed by atoms with E-state index in [-0.39, 0.29) is 17.3 Å². The summed E-state index contributed by atoms with van der Waals surface area (Å²) in [5, 5.41) is 3.22. The van der Waals surface area contributed by atoms with E-state index in [0.717, 1.165) is 15.4 Å². The van der Waals surface area contributed by atoms with Crippen LogP contribution < -0.4 is 15.0 Å². The molecule has 42 heavy (non-hydrogen) atoms. The Labute approximate surface area is 250 Å². The van der Waals surface area contributed by atoms with E-state index in [9.17, 15) is 18.0 Å². The minimum atomic E-state index is -4.03. The molecular weight excluding hydrogens is 574 g/mol. The molecule has 0 atom stereocenters. The van der Waals surface area contributed by atoms with Crippen LogP contribution >= 0.6 is 11.6 Å². The van der Waals surface area contributed by atoms with Gasteiger partial charge in [-0.2, -0.15) is 4.31 Å². The van der Waals surface area contributed by atoms with E-state index >= 15 is 0 Å². The highest BCUT2D eigenvalue weighted by atomic mass is 35.5. The van der Waals surface area contributed by atoms with Gasteiger partial charge in [-0.15, -0.1) is 0 Å². The number of halogens is 1. The molecule has 4 aromatic carbocycles. The largest absolute Gasteiger partial charge is 0.497 e. The third-order valence-corrected chi connectivity index (χ3v) is 9.30. The van der Waals surface area contributed by atoms with E-state index in [1.54, 1.807) is 84.8 Å². The lowest BCUT2D eigenvalue weighted by Crippen LogP contribution is -2.37. The Balaban J connectivity index is 1.36. The normalized spacial score (nSPS) is 12.7. The van der Waals surface area contributed by atoms with Crippen molar-refractivity contribution in [1.29, 1.82) is 0 Å². The van der Waals surface area contributed by atoms with Crippen molar-refractivity contribution in [3.8, 4) is 5.75 Å². The summed E-state index contributed by atoms with van der Waals surface area (Å²) in [5.41, 5.74) is 4.16. The summed E-state index contributed by atoms with van der Waals surface area (Å²) in [4.78, 5) is 28.3. The van der Waals surface area contributed by atoms with Crippen LogP contribution in [0.4, 0.5) is 11.4 Å². The first kappa shape index (κ1) is 29.3.